The smallest absolute Gasteiger partial charge is 0.119 e. The molecule has 1 aliphatic rings. The zero-order valence-corrected chi connectivity index (χ0v) is 17.5. The summed E-state index contributed by atoms with van der Waals surface area (Å²) >= 11 is 0. The van der Waals surface area contributed by atoms with Gasteiger partial charge in [-0.1, -0.05) is 61.5 Å². The molecule has 0 N–H and O–H groups in total. The average molecular weight is 381 g/mol. The summed E-state index contributed by atoms with van der Waals surface area (Å²) in [6, 6.07) is 24.7. The molecule has 1 fully saturated rings. The number of ether oxygens (including phenoxy) is 1. The summed E-state index contributed by atoms with van der Waals surface area (Å²) in [5.74, 6) is 2.14. The molecule has 0 aliphatic heterocycles. The third kappa shape index (κ3) is 3.29. The second-order valence-corrected chi connectivity index (χ2v) is 8.62. The number of benzene rings is 4. The highest BCUT2D eigenvalue weighted by atomic mass is 16.5. The van der Waals surface area contributed by atoms with Gasteiger partial charge in [-0.3, -0.25) is 0 Å². The van der Waals surface area contributed by atoms with Gasteiger partial charge in [-0.2, -0.15) is 0 Å². The summed E-state index contributed by atoms with van der Waals surface area (Å²) < 4.78 is 5.55. The van der Waals surface area contributed by atoms with Crippen LogP contribution in [0.15, 0.2) is 66.7 Å². The van der Waals surface area contributed by atoms with E-state index in [1.165, 1.54) is 56.6 Å². The molecule has 5 rings (SSSR count). The van der Waals surface area contributed by atoms with Crippen molar-refractivity contribution < 1.29 is 4.74 Å². The Balaban J connectivity index is 1.58. The van der Waals surface area contributed by atoms with E-state index >= 15 is 0 Å². The van der Waals surface area contributed by atoms with Crippen molar-refractivity contribution in [1.82, 2.24) is 0 Å². The van der Waals surface area contributed by atoms with Crippen molar-refractivity contribution in [2.45, 2.75) is 44.9 Å². The Morgan fingerprint density at radius 3 is 2.41 bits per heavy atom. The Kier molecular flexibility index (Phi) is 4.54. The third-order valence-electron chi connectivity index (χ3n) is 6.60. The molecule has 1 unspecified atom stereocenters. The largest absolute Gasteiger partial charge is 0.497 e. The molecule has 1 heteroatoms. The van der Waals surface area contributed by atoms with E-state index in [1.54, 1.807) is 7.11 Å². The van der Waals surface area contributed by atoms with E-state index in [1.807, 2.05) is 0 Å². The molecule has 0 heterocycles. The van der Waals surface area contributed by atoms with Crippen molar-refractivity contribution in [3.8, 4) is 5.75 Å². The lowest BCUT2D eigenvalue weighted by Crippen LogP contribution is -2.02. The molecular weight excluding hydrogens is 352 g/mol. The summed E-state index contributed by atoms with van der Waals surface area (Å²) in [5.41, 5.74) is 5.72. The first-order chi connectivity index (χ1) is 14.2. The first-order valence-corrected chi connectivity index (χ1v) is 10.7. The minimum absolute atomic E-state index is 0.446. The zero-order valence-electron chi connectivity index (χ0n) is 17.5. The van der Waals surface area contributed by atoms with E-state index < -0.39 is 0 Å². The van der Waals surface area contributed by atoms with Crippen LogP contribution in [-0.4, -0.2) is 7.11 Å². The molecule has 0 amide bonds. The fraction of sp³-hybridized carbons (Fsp3) is 0.286. The minimum atomic E-state index is 0.446. The van der Waals surface area contributed by atoms with E-state index in [4.69, 9.17) is 4.74 Å². The maximum absolute atomic E-state index is 5.55. The van der Waals surface area contributed by atoms with Crippen molar-refractivity contribution in [3.63, 3.8) is 0 Å². The van der Waals surface area contributed by atoms with E-state index in [0.717, 1.165) is 18.1 Å². The van der Waals surface area contributed by atoms with Crippen LogP contribution in [0.4, 0.5) is 0 Å². The Labute approximate surface area is 173 Å². The van der Waals surface area contributed by atoms with Crippen LogP contribution in [0.25, 0.3) is 21.5 Å². The molecule has 1 aliphatic carbocycles. The van der Waals surface area contributed by atoms with Crippen LogP contribution in [-0.2, 0) is 6.42 Å². The highest BCUT2D eigenvalue weighted by molar-refractivity contribution is 5.91. The van der Waals surface area contributed by atoms with Gasteiger partial charge in [0.1, 0.15) is 5.75 Å². The number of fused-ring (bicyclic) bond motifs is 2. The topological polar surface area (TPSA) is 9.23 Å². The lowest BCUT2D eigenvalue weighted by atomic mass is 9.86. The number of hydrogen-bond donors (Lipinski definition) is 0. The Hall–Kier alpha value is -2.80. The molecule has 0 saturated heterocycles. The predicted molar refractivity (Wildman–Crippen MR) is 123 cm³/mol. The maximum atomic E-state index is 5.55. The fourth-order valence-corrected chi connectivity index (χ4v) is 4.81. The Morgan fingerprint density at radius 1 is 0.862 bits per heavy atom. The SMILES string of the molecule is COc1ccc2c(C3CC3)ccc(CC(C)c3ccc(C)c4ccccc34)c2c1. The van der Waals surface area contributed by atoms with Crippen molar-refractivity contribution in [2.24, 2.45) is 0 Å². The number of aryl methyl sites for hydroxylation is 1. The van der Waals surface area contributed by atoms with Gasteiger partial charge in [0.05, 0.1) is 7.11 Å². The number of methoxy groups -OCH3 is 1. The first-order valence-electron chi connectivity index (χ1n) is 10.7. The van der Waals surface area contributed by atoms with Crippen LogP contribution in [0, 0.1) is 6.92 Å². The predicted octanol–water partition coefficient (Wildman–Crippen LogP) is 7.53. The van der Waals surface area contributed by atoms with Crippen molar-refractivity contribution in [2.75, 3.05) is 7.11 Å². The molecule has 4 aromatic carbocycles. The molecule has 1 nitrogen and oxygen atoms in total. The van der Waals surface area contributed by atoms with Crippen molar-refractivity contribution >= 4 is 21.5 Å². The molecule has 0 bridgehead atoms. The molecule has 146 valence electrons. The average Bonchev–Trinajstić information content (AvgIpc) is 3.59. The molecule has 0 spiro atoms. The summed E-state index contributed by atoms with van der Waals surface area (Å²) in [7, 11) is 1.76. The number of hydrogen-bond acceptors (Lipinski definition) is 1. The lowest BCUT2D eigenvalue weighted by molar-refractivity contribution is 0.415. The van der Waals surface area contributed by atoms with Gasteiger partial charge in [0.15, 0.2) is 0 Å². The van der Waals surface area contributed by atoms with Gasteiger partial charge in [0.2, 0.25) is 0 Å². The summed E-state index contributed by atoms with van der Waals surface area (Å²) in [6.07, 6.45) is 3.68. The second kappa shape index (κ2) is 7.22. The van der Waals surface area contributed by atoms with E-state index in [0.29, 0.717) is 5.92 Å². The molecule has 0 radical (unpaired) electrons. The molecule has 1 atom stereocenters. The van der Waals surface area contributed by atoms with Gasteiger partial charge in [0.25, 0.3) is 0 Å². The van der Waals surface area contributed by atoms with E-state index in [2.05, 4.69) is 80.6 Å². The van der Waals surface area contributed by atoms with Crippen LogP contribution in [0.2, 0.25) is 0 Å². The Morgan fingerprint density at radius 2 is 1.66 bits per heavy atom. The normalized spacial score (nSPS) is 15.0. The summed E-state index contributed by atoms with van der Waals surface area (Å²) in [6.45, 7) is 4.56. The fourth-order valence-electron chi connectivity index (χ4n) is 4.81. The van der Waals surface area contributed by atoms with Crippen molar-refractivity contribution in [1.29, 1.82) is 0 Å². The van der Waals surface area contributed by atoms with E-state index in [-0.39, 0.29) is 0 Å². The van der Waals surface area contributed by atoms with Gasteiger partial charge in [0, 0.05) is 0 Å². The number of rotatable bonds is 5. The van der Waals surface area contributed by atoms with Gasteiger partial charge in [-0.25, -0.2) is 0 Å². The zero-order chi connectivity index (χ0) is 20.0. The standard InChI is InChI=1S/C28H28O/c1-18-8-13-24(26-7-5-4-6-23(18)26)19(2)16-21-11-14-25(20-9-10-20)27-15-12-22(29-3)17-28(21)27/h4-8,11-15,17,19-20H,9-10,16H2,1-3H3. The van der Waals surface area contributed by atoms with Crippen LogP contribution < -0.4 is 4.74 Å². The maximum Gasteiger partial charge on any atom is 0.119 e. The van der Waals surface area contributed by atoms with Gasteiger partial charge < -0.3 is 4.74 Å². The Bertz CT molecular complexity index is 1200. The molecular formula is C28H28O. The lowest BCUT2D eigenvalue weighted by Gasteiger charge is -2.18. The van der Waals surface area contributed by atoms with Gasteiger partial charge in [-0.15, -0.1) is 0 Å². The van der Waals surface area contributed by atoms with Crippen LogP contribution in [0.1, 0.15) is 53.9 Å². The molecule has 0 aromatic heterocycles. The third-order valence-corrected chi connectivity index (χ3v) is 6.60. The first kappa shape index (κ1) is 18.2. The second-order valence-electron chi connectivity index (χ2n) is 8.62. The monoisotopic (exact) mass is 380 g/mol. The molecule has 4 aromatic rings. The summed E-state index contributed by atoms with van der Waals surface area (Å²) in [4.78, 5) is 0. The van der Waals surface area contributed by atoms with Gasteiger partial charge in [-0.05, 0) is 94.0 Å². The minimum Gasteiger partial charge on any atom is -0.497 e. The van der Waals surface area contributed by atoms with Gasteiger partial charge >= 0.3 is 0 Å². The molecule has 29 heavy (non-hydrogen) atoms. The summed E-state index contributed by atoms with van der Waals surface area (Å²) in [5, 5.41) is 5.52. The van der Waals surface area contributed by atoms with E-state index in [9.17, 15) is 0 Å². The van der Waals surface area contributed by atoms with Crippen LogP contribution >= 0.6 is 0 Å². The highest BCUT2D eigenvalue weighted by Gasteiger charge is 2.26. The van der Waals surface area contributed by atoms with Crippen LogP contribution in [0.5, 0.6) is 5.75 Å². The quantitative estimate of drug-likeness (QED) is 0.347. The van der Waals surface area contributed by atoms with Crippen molar-refractivity contribution in [3.05, 3.63) is 89.0 Å². The molecule has 1 saturated carbocycles. The van der Waals surface area contributed by atoms with Crippen LogP contribution in [0.3, 0.4) is 0 Å². The highest BCUT2D eigenvalue weighted by Crippen LogP contribution is 2.44.